The molecular weight excluding hydrogens is 619 g/mol. The predicted octanol–water partition coefficient (Wildman–Crippen LogP) is 10.1. The van der Waals surface area contributed by atoms with Crippen molar-refractivity contribution in [1.29, 1.82) is 0 Å². The Balaban J connectivity index is 4.27. The van der Waals surface area contributed by atoms with Gasteiger partial charge in [0.05, 0.1) is 26.1 Å². The number of aliphatic hydroxyl groups excluding tert-OH is 2. The van der Waals surface area contributed by atoms with Gasteiger partial charge in [0.15, 0.2) is 6.10 Å². The number of hydrogen-bond acceptors (Lipinski definition) is 8. The number of rotatable bonds is 37. The van der Waals surface area contributed by atoms with Crippen molar-refractivity contribution in [3.05, 3.63) is 12.3 Å². The van der Waals surface area contributed by atoms with Crippen LogP contribution in [0.1, 0.15) is 181 Å². The maximum absolute atomic E-state index is 12.5. The van der Waals surface area contributed by atoms with Crippen LogP contribution in [0.4, 0.5) is 0 Å². The first-order chi connectivity index (χ1) is 22.8. The number of unbranched alkanes of at least 4 members (excludes halogenated alkanes) is 23. The molecule has 9 nitrogen and oxygen atoms in total. The second-order valence-corrected chi connectivity index (χ2v) is 14.5. The first-order valence-electron chi connectivity index (χ1n) is 19.2. The fourth-order valence-electron chi connectivity index (χ4n) is 5.32. The van der Waals surface area contributed by atoms with Crippen molar-refractivity contribution in [2.45, 2.75) is 193 Å². The van der Waals surface area contributed by atoms with E-state index in [9.17, 15) is 19.4 Å². The predicted molar refractivity (Wildman–Crippen MR) is 191 cm³/mol. The number of carbonyl (C=O) groups excluding carboxylic acids is 1. The summed E-state index contributed by atoms with van der Waals surface area (Å²) in [7, 11) is -4.52. The van der Waals surface area contributed by atoms with Crippen LogP contribution in [0.2, 0.25) is 0 Å². The molecule has 0 aliphatic rings. The maximum Gasteiger partial charge on any atom is 0.472 e. The van der Waals surface area contributed by atoms with Gasteiger partial charge >= 0.3 is 13.8 Å². The van der Waals surface area contributed by atoms with Crippen LogP contribution < -0.4 is 0 Å². The quantitative estimate of drug-likeness (QED) is 0.0252. The lowest BCUT2D eigenvalue weighted by Crippen LogP contribution is -2.28. The van der Waals surface area contributed by atoms with Crippen molar-refractivity contribution in [3.8, 4) is 0 Å². The molecule has 0 rings (SSSR count). The molecule has 0 fully saturated rings. The highest BCUT2D eigenvalue weighted by atomic mass is 31.2. The maximum atomic E-state index is 12.5. The first kappa shape index (κ1) is 46.0. The molecule has 0 aromatic rings. The van der Waals surface area contributed by atoms with Crippen LogP contribution in [-0.4, -0.2) is 59.7 Å². The minimum absolute atomic E-state index is 0.0294. The van der Waals surface area contributed by atoms with Crippen molar-refractivity contribution in [2.75, 3.05) is 26.4 Å². The smallest absolute Gasteiger partial charge is 0.472 e. The van der Waals surface area contributed by atoms with Crippen LogP contribution in [-0.2, 0) is 27.9 Å². The molecule has 0 spiro atoms. The number of hydrogen-bond donors (Lipinski definition) is 3. The standard InChI is InChI=1S/C37H73O9P/c1-3-5-7-9-11-13-15-17-18-20-22-24-26-28-30-43-33-36(34-45-47(41,42)44-32-35(39)31-38)46-37(40)29-27-25-23-21-19-16-14-12-10-8-6-4-2/h28,30,35-36,38-39H,3-27,29,31-34H2,1-2H3,(H,41,42)/b30-28-/t35-,36+/m0/s1. The second-order valence-electron chi connectivity index (χ2n) is 13.0. The third-order valence-corrected chi connectivity index (χ3v) is 9.25. The number of allylic oxidation sites excluding steroid dienone is 1. The number of ether oxygens (including phenoxy) is 2. The van der Waals surface area contributed by atoms with E-state index in [2.05, 4.69) is 13.8 Å². The van der Waals surface area contributed by atoms with Gasteiger partial charge in [-0.15, -0.1) is 0 Å². The summed E-state index contributed by atoms with van der Waals surface area (Å²) in [6.07, 6.45) is 32.5. The van der Waals surface area contributed by atoms with Crippen molar-refractivity contribution in [2.24, 2.45) is 0 Å². The minimum Gasteiger partial charge on any atom is -0.498 e. The van der Waals surface area contributed by atoms with E-state index in [1.165, 1.54) is 128 Å². The SMILES string of the molecule is CCCCCCCCCCCCCC/C=C\OC[C@H](COP(=O)(O)OC[C@@H](O)CO)OC(=O)CCCCCCCCCCCCCC. The number of esters is 1. The zero-order valence-electron chi connectivity index (χ0n) is 30.3. The molecule has 47 heavy (non-hydrogen) atoms. The first-order valence-corrected chi connectivity index (χ1v) is 20.7. The average Bonchev–Trinajstić information content (AvgIpc) is 3.06. The molecule has 3 N–H and O–H groups in total. The Kier molecular flexibility index (Phi) is 34.2. The minimum atomic E-state index is -4.52. The number of phosphoric ester groups is 1. The number of carbonyl (C=O) groups is 1. The summed E-state index contributed by atoms with van der Waals surface area (Å²) in [5.41, 5.74) is 0. The molecule has 0 aromatic carbocycles. The van der Waals surface area contributed by atoms with Gasteiger partial charge in [-0.25, -0.2) is 4.57 Å². The lowest BCUT2D eigenvalue weighted by molar-refractivity contribution is -0.153. The molecule has 280 valence electrons. The van der Waals surface area contributed by atoms with Gasteiger partial charge in [0, 0.05) is 6.42 Å². The summed E-state index contributed by atoms with van der Waals surface area (Å²) in [5, 5.41) is 18.3. The van der Waals surface area contributed by atoms with Gasteiger partial charge in [0.25, 0.3) is 0 Å². The van der Waals surface area contributed by atoms with E-state index in [0.717, 1.165) is 32.1 Å². The molecule has 0 radical (unpaired) electrons. The largest absolute Gasteiger partial charge is 0.498 e. The average molecular weight is 693 g/mol. The van der Waals surface area contributed by atoms with Crippen molar-refractivity contribution in [1.82, 2.24) is 0 Å². The topological polar surface area (TPSA) is 132 Å². The molecule has 0 aliphatic heterocycles. The Morgan fingerprint density at radius 1 is 0.638 bits per heavy atom. The van der Waals surface area contributed by atoms with Crippen LogP contribution in [0.3, 0.4) is 0 Å². The molecule has 0 amide bonds. The van der Waals surface area contributed by atoms with Gasteiger partial charge in [-0.3, -0.25) is 13.8 Å². The van der Waals surface area contributed by atoms with Crippen molar-refractivity contribution >= 4 is 13.8 Å². The van der Waals surface area contributed by atoms with Crippen LogP contribution in [0, 0.1) is 0 Å². The molecule has 0 saturated heterocycles. The summed E-state index contributed by atoms with van der Waals surface area (Å²) < 4.78 is 33.0. The Labute approximate surface area is 288 Å². The summed E-state index contributed by atoms with van der Waals surface area (Å²) >= 11 is 0. The van der Waals surface area contributed by atoms with Crippen molar-refractivity contribution in [3.63, 3.8) is 0 Å². The Hall–Kier alpha value is -0.960. The van der Waals surface area contributed by atoms with Gasteiger partial charge in [0.2, 0.25) is 0 Å². The molecule has 0 aliphatic carbocycles. The zero-order valence-corrected chi connectivity index (χ0v) is 31.2. The van der Waals surface area contributed by atoms with Gasteiger partial charge in [0.1, 0.15) is 12.7 Å². The van der Waals surface area contributed by atoms with E-state index in [0.29, 0.717) is 0 Å². The monoisotopic (exact) mass is 692 g/mol. The van der Waals surface area contributed by atoms with E-state index in [4.69, 9.17) is 23.6 Å². The van der Waals surface area contributed by atoms with Gasteiger partial charge in [-0.1, -0.05) is 155 Å². The van der Waals surface area contributed by atoms with Crippen LogP contribution in [0.15, 0.2) is 12.3 Å². The molecule has 10 heteroatoms. The van der Waals surface area contributed by atoms with E-state index >= 15 is 0 Å². The fraction of sp³-hybridized carbons (Fsp3) is 0.919. The van der Waals surface area contributed by atoms with Crippen LogP contribution in [0.5, 0.6) is 0 Å². The summed E-state index contributed by atoms with van der Waals surface area (Å²) in [6.45, 7) is 2.88. The summed E-state index contributed by atoms with van der Waals surface area (Å²) in [6, 6.07) is 0. The molecule has 1 unspecified atom stereocenters. The third-order valence-electron chi connectivity index (χ3n) is 8.30. The molecule has 3 atom stereocenters. The molecule has 0 aromatic heterocycles. The second kappa shape index (κ2) is 34.9. The third kappa shape index (κ3) is 34.7. The number of aliphatic hydroxyl groups is 2. The van der Waals surface area contributed by atoms with E-state index in [1.807, 2.05) is 6.08 Å². The zero-order chi connectivity index (χ0) is 34.7. The number of phosphoric acid groups is 1. The Morgan fingerprint density at radius 2 is 1.06 bits per heavy atom. The van der Waals surface area contributed by atoms with Gasteiger partial charge in [-0.05, 0) is 25.3 Å². The Morgan fingerprint density at radius 3 is 1.53 bits per heavy atom. The fourth-order valence-corrected chi connectivity index (χ4v) is 6.11. The van der Waals surface area contributed by atoms with E-state index in [-0.39, 0.29) is 13.0 Å². The highest BCUT2D eigenvalue weighted by Crippen LogP contribution is 2.43. The van der Waals surface area contributed by atoms with E-state index in [1.54, 1.807) is 6.26 Å². The molecule has 0 heterocycles. The van der Waals surface area contributed by atoms with Gasteiger partial charge < -0.3 is 24.6 Å². The van der Waals surface area contributed by atoms with Crippen molar-refractivity contribution < 1.29 is 43.0 Å². The molecule has 0 bridgehead atoms. The molecule has 0 saturated carbocycles. The lowest BCUT2D eigenvalue weighted by Gasteiger charge is -2.20. The van der Waals surface area contributed by atoms with Crippen LogP contribution >= 0.6 is 7.82 Å². The highest BCUT2D eigenvalue weighted by Gasteiger charge is 2.26. The lowest BCUT2D eigenvalue weighted by atomic mass is 10.0. The van der Waals surface area contributed by atoms with E-state index < -0.39 is 45.8 Å². The Bertz CT molecular complexity index is 749. The highest BCUT2D eigenvalue weighted by molar-refractivity contribution is 7.47. The van der Waals surface area contributed by atoms with Crippen LogP contribution in [0.25, 0.3) is 0 Å². The normalized spacial score (nSPS) is 14.3. The van der Waals surface area contributed by atoms with Gasteiger partial charge in [-0.2, -0.15) is 0 Å². The molecular formula is C37H73O9P. The summed E-state index contributed by atoms with van der Waals surface area (Å²) in [4.78, 5) is 22.4. The summed E-state index contributed by atoms with van der Waals surface area (Å²) in [5.74, 6) is -0.404.